The van der Waals surface area contributed by atoms with Crippen LogP contribution in [0.3, 0.4) is 0 Å². The second-order valence-electron chi connectivity index (χ2n) is 8.75. The van der Waals surface area contributed by atoms with Gasteiger partial charge in [-0.25, -0.2) is 9.69 Å². The lowest BCUT2D eigenvalue weighted by atomic mass is 9.68. The predicted octanol–water partition coefficient (Wildman–Crippen LogP) is 3.25. The molecule has 34 heavy (non-hydrogen) atoms. The summed E-state index contributed by atoms with van der Waals surface area (Å²) >= 11 is 0. The molecule has 172 valence electrons. The summed E-state index contributed by atoms with van der Waals surface area (Å²) in [7, 11) is 1.88. The summed E-state index contributed by atoms with van der Waals surface area (Å²) in [5.41, 5.74) is 2.85. The van der Waals surface area contributed by atoms with Crippen LogP contribution >= 0.6 is 0 Å². The number of ether oxygens (including phenoxy) is 1. The first-order valence-electron chi connectivity index (χ1n) is 11.1. The lowest BCUT2D eigenvalue weighted by Crippen LogP contribution is -2.40. The molecule has 0 spiro atoms. The smallest absolute Gasteiger partial charge is 0.336 e. The Bertz CT molecular complexity index is 1250. The van der Waals surface area contributed by atoms with Gasteiger partial charge in [0.25, 0.3) is 11.8 Å². The lowest BCUT2D eigenvalue weighted by molar-refractivity contribution is -0.120. The molecular weight excluding hydrogens is 432 g/mol. The molecule has 2 N–H and O–H groups in total. The highest BCUT2D eigenvalue weighted by molar-refractivity contribution is 6.28. The predicted molar refractivity (Wildman–Crippen MR) is 127 cm³/mol. The standard InChI is InChI=1S/C27H24N2O5/c1-15-3-6-19-22(11-15)34-23-12-16(14-28-2)4-7-20(23)26(19)18-8-5-17(13-21(18)27(32)33)29-24(30)9-10-25(29)31/h3-13,19-20,23,26,28H,1,14H2,2H3,(H,32,33). The number of carbonyl (C=O) groups is 3. The molecule has 0 saturated carbocycles. The van der Waals surface area contributed by atoms with Gasteiger partial charge in [-0.3, -0.25) is 9.59 Å². The number of allylic oxidation sites excluding steroid dienone is 4. The molecule has 1 saturated heterocycles. The Balaban J connectivity index is 1.61. The van der Waals surface area contributed by atoms with Crippen molar-refractivity contribution in [2.75, 3.05) is 18.5 Å². The van der Waals surface area contributed by atoms with E-state index in [0.29, 0.717) is 12.1 Å². The zero-order chi connectivity index (χ0) is 24.0. The number of nitrogens with zero attached hydrogens (tertiary/aromatic N) is 1. The van der Waals surface area contributed by atoms with Crippen molar-refractivity contribution in [2.45, 2.75) is 12.0 Å². The number of likely N-dealkylation sites (N-methyl/N-ethyl adjacent to an activating group) is 1. The first-order valence-corrected chi connectivity index (χ1v) is 11.1. The van der Waals surface area contributed by atoms with E-state index in [1.807, 2.05) is 25.3 Å². The van der Waals surface area contributed by atoms with Gasteiger partial charge in [0.05, 0.1) is 11.3 Å². The summed E-state index contributed by atoms with van der Waals surface area (Å²) < 4.78 is 6.37. The quantitative estimate of drug-likeness (QED) is 0.661. The van der Waals surface area contributed by atoms with Gasteiger partial charge in [0.1, 0.15) is 11.9 Å². The number of amides is 2. The van der Waals surface area contributed by atoms with E-state index in [2.05, 4.69) is 30.1 Å². The molecule has 4 unspecified atom stereocenters. The fourth-order valence-electron chi connectivity index (χ4n) is 5.15. The van der Waals surface area contributed by atoms with E-state index in [1.54, 1.807) is 12.1 Å². The number of benzene rings is 1. The molecule has 2 heterocycles. The van der Waals surface area contributed by atoms with E-state index in [0.717, 1.165) is 21.8 Å². The number of nitrogens with one attached hydrogen (secondary N) is 1. The number of carboxylic acids is 1. The molecule has 7 nitrogen and oxygen atoms in total. The van der Waals surface area contributed by atoms with Crippen LogP contribution in [0.4, 0.5) is 5.69 Å². The molecule has 1 aromatic carbocycles. The minimum atomic E-state index is -1.12. The second-order valence-corrected chi connectivity index (χ2v) is 8.75. The Hall–Kier alpha value is -3.97. The summed E-state index contributed by atoms with van der Waals surface area (Å²) in [6.07, 6.45) is 14.2. The van der Waals surface area contributed by atoms with Gasteiger partial charge in [-0.05, 0) is 48.0 Å². The topological polar surface area (TPSA) is 95.9 Å². The highest BCUT2D eigenvalue weighted by Gasteiger charge is 2.44. The highest BCUT2D eigenvalue weighted by atomic mass is 16.5. The third-order valence-electron chi connectivity index (χ3n) is 6.61. The number of hydrogen-bond acceptors (Lipinski definition) is 5. The van der Waals surface area contributed by atoms with Crippen molar-refractivity contribution in [1.82, 2.24) is 5.32 Å². The average Bonchev–Trinajstić information content (AvgIpc) is 3.15. The fraction of sp³-hybridized carbons (Fsp3) is 0.222. The van der Waals surface area contributed by atoms with Crippen LogP contribution < -0.4 is 10.2 Å². The molecule has 2 aliphatic heterocycles. The van der Waals surface area contributed by atoms with E-state index in [-0.39, 0.29) is 35.1 Å². The van der Waals surface area contributed by atoms with Gasteiger partial charge < -0.3 is 15.2 Å². The SMILES string of the molecule is C=C1C=CC2C(=C1)OC1C=C(CNC)C=CC1C2c1ccc(N2C(=O)C=CC2=O)cc1C(=O)O. The van der Waals surface area contributed by atoms with Crippen LogP contribution in [0, 0.1) is 11.8 Å². The minimum Gasteiger partial charge on any atom is -0.489 e. The van der Waals surface area contributed by atoms with Gasteiger partial charge >= 0.3 is 5.97 Å². The van der Waals surface area contributed by atoms with Crippen LogP contribution in [0.2, 0.25) is 0 Å². The van der Waals surface area contributed by atoms with Crippen LogP contribution in [-0.2, 0) is 14.3 Å². The van der Waals surface area contributed by atoms with E-state index in [9.17, 15) is 19.5 Å². The summed E-state index contributed by atoms with van der Waals surface area (Å²) in [6, 6.07) is 4.77. The first kappa shape index (κ1) is 21.9. The van der Waals surface area contributed by atoms with Crippen molar-refractivity contribution < 1.29 is 24.2 Å². The van der Waals surface area contributed by atoms with Gasteiger partial charge in [-0.2, -0.15) is 0 Å². The van der Waals surface area contributed by atoms with Gasteiger partial charge in [0.2, 0.25) is 0 Å². The van der Waals surface area contributed by atoms with Crippen LogP contribution in [0.1, 0.15) is 21.8 Å². The molecule has 2 amide bonds. The maximum Gasteiger partial charge on any atom is 0.336 e. The third kappa shape index (κ3) is 3.64. The zero-order valence-electron chi connectivity index (χ0n) is 18.6. The summed E-state index contributed by atoms with van der Waals surface area (Å²) in [4.78, 5) is 37.7. The van der Waals surface area contributed by atoms with Crippen LogP contribution in [0.25, 0.3) is 0 Å². The lowest BCUT2D eigenvalue weighted by Gasteiger charge is -2.44. The van der Waals surface area contributed by atoms with E-state index in [1.165, 1.54) is 18.2 Å². The summed E-state index contributed by atoms with van der Waals surface area (Å²) in [5.74, 6) is -1.83. The first-order chi connectivity index (χ1) is 16.4. The van der Waals surface area contributed by atoms with Gasteiger partial charge in [0.15, 0.2) is 0 Å². The Morgan fingerprint density at radius 3 is 2.62 bits per heavy atom. The molecule has 2 aliphatic carbocycles. The molecule has 7 heteroatoms. The van der Waals surface area contributed by atoms with E-state index < -0.39 is 17.8 Å². The Labute approximate surface area is 197 Å². The number of rotatable bonds is 5. The molecule has 0 radical (unpaired) electrons. The maximum atomic E-state index is 12.4. The Morgan fingerprint density at radius 1 is 1.15 bits per heavy atom. The minimum absolute atomic E-state index is 0.0613. The number of hydrogen-bond donors (Lipinski definition) is 2. The maximum absolute atomic E-state index is 12.4. The second kappa shape index (κ2) is 8.43. The zero-order valence-corrected chi connectivity index (χ0v) is 18.6. The molecule has 0 bridgehead atoms. The Kier molecular flexibility index (Phi) is 5.42. The van der Waals surface area contributed by atoms with Crippen molar-refractivity contribution in [3.05, 3.63) is 101 Å². The van der Waals surface area contributed by atoms with Crippen molar-refractivity contribution in [3.63, 3.8) is 0 Å². The van der Waals surface area contributed by atoms with Gasteiger partial charge in [0, 0.05) is 36.5 Å². The summed E-state index contributed by atoms with van der Waals surface area (Å²) in [5, 5.41) is 13.3. The monoisotopic (exact) mass is 456 g/mol. The van der Waals surface area contributed by atoms with Crippen LogP contribution in [0.15, 0.2) is 90.3 Å². The van der Waals surface area contributed by atoms with Crippen molar-refractivity contribution in [2.24, 2.45) is 11.8 Å². The van der Waals surface area contributed by atoms with Crippen molar-refractivity contribution in [1.29, 1.82) is 0 Å². The number of imide groups is 1. The highest BCUT2D eigenvalue weighted by Crippen LogP contribution is 2.50. The molecule has 1 aromatic rings. The number of carbonyl (C=O) groups excluding carboxylic acids is 2. The normalized spacial score (nSPS) is 27.2. The largest absolute Gasteiger partial charge is 0.489 e. The van der Waals surface area contributed by atoms with Crippen molar-refractivity contribution in [3.8, 4) is 0 Å². The Morgan fingerprint density at radius 2 is 1.91 bits per heavy atom. The summed E-state index contributed by atoms with van der Waals surface area (Å²) in [6.45, 7) is 4.71. The number of fused-ring (bicyclic) bond motifs is 2. The molecule has 1 fully saturated rings. The van der Waals surface area contributed by atoms with Gasteiger partial charge in [-0.15, -0.1) is 0 Å². The molecule has 0 aromatic heterocycles. The number of carboxylic acid groups (broad SMARTS) is 1. The number of aromatic carboxylic acids is 1. The van der Waals surface area contributed by atoms with E-state index >= 15 is 0 Å². The molecule has 4 atom stereocenters. The van der Waals surface area contributed by atoms with Gasteiger partial charge in [-0.1, -0.05) is 36.9 Å². The fourth-order valence-corrected chi connectivity index (χ4v) is 5.15. The number of anilines is 1. The van der Waals surface area contributed by atoms with Crippen LogP contribution in [-0.4, -0.2) is 42.6 Å². The molecular formula is C27H24N2O5. The average molecular weight is 456 g/mol. The molecule has 4 aliphatic rings. The van der Waals surface area contributed by atoms with E-state index in [4.69, 9.17) is 4.74 Å². The van der Waals surface area contributed by atoms with Crippen LogP contribution in [0.5, 0.6) is 0 Å². The molecule has 5 rings (SSSR count). The van der Waals surface area contributed by atoms with Crippen molar-refractivity contribution >= 4 is 23.5 Å². The third-order valence-corrected chi connectivity index (χ3v) is 6.61.